The number of hydrogen-bond donors (Lipinski definition) is 0. The van der Waals surface area contributed by atoms with Gasteiger partial charge in [-0.25, -0.2) is 4.79 Å². The number of furan rings is 1. The molecule has 3 saturated heterocycles. The van der Waals surface area contributed by atoms with Gasteiger partial charge in [-0.3, -0.25) is 9.80 Å². The highest BCUT2D eigenvalue weighted by Crippen LogP contribution is 2.37. The molecule has 1 aromatic carbocycles. The average molecular weight is 352 g/mol. The van der Waals surface area contributed by atoms with E-state index in [-0.39, 0.29) is 18.2 Å². The fraction of sp³-hybridized carbons (Fsp3) is 0.476. The molecule has 0 aliphatic carbocycles. The molecule has 6 rings (SSSR count). The number of fused-ring (bicyclic) bond motifs is 4. The molecule has 1 aromatic heterocycles. The van der Waals surface area contributed by atoms with Crippen molar-refractivity contribution in [2.45, 2.75) is 31.4 Å². The fourth-order valence-corrected chi connectivity index (χ4v) is 4.79. The molecule has 2 atom stereocenters. The van der Waals surface area contributed by atoms with Gasteiger partial charge in [-0.05, 0) is 55.5 Å². The molecule has 4 aliphatic heterocycles. The number of nitrogens with zero attached hydrogens (tertiary/aromatic N) is 2. The summed E-state index contributed by atoms with van der Waals surface area (Å²) in [5.41, 5.74) is 3.47. The van der Waals surface area contributed by atoms with E-state index in [0.717, 1.165) is 44.5 Å². The Kier molecular flexibility index (Phi) is 3.97. The average Bonchev–Trinajstić information content (AvgIpc) is 3.22. The van der Waals surface area contributed by atoms with Crippen LogP contribution in [0.25, 0.3) is 0 Å². The molecule has 0 radical (unpaired) electrons. The SMILES string of the molecule is O=C(O[C@@H]1CN2CCC1CC2)N1CCc2ccccc2[C@@H]1c1ccoc1. The van der Waals surface area contributed by atoms with E-state index in [2.05, 4.69) is 23.1 Å². The number of piperidine rings is 3. The quantitative estimate of drug-likeness (QED) is 0.830. The molecular weight excluding hydrogens is 328 g/mol. The Bertz CT molecular complexity index is 780. The molecule has 136 valence electrons. The maximum atomic E-state index is 13.1. The van der Waals surface area contributed by atoms with E-state index in [0.29, 0.717) is 12.5 Å². The van der Waals surface area contributed by atoms with Gasteiger partial charge in [0.1, 0.15) is 6.10 Å². The Balaban J connectivity index is 1.41. The molecule has 2 aromatic rings. The lowest BCUT2D eigenvalue weighted by molar-refractivity contribution is -0.0462. The van der Waals surface area contributed by atoms with Crippen molar-refractivity contribution in [2.24, 2.45) is 5.92 Å². The van der Waals surface area contributed by atoms with Crippen LogP contribution < -0.4 is 0 Å². The minimum Gasteiger partial charge on any atom is -0.472 e. The lowest BCUT2D eigenvalue weighted by Crippen LogP contribution is -2.53. The predicted octanol–water partition coefficient (Wildman–Crippen LogP) is 3.46. The molecule has 0 saturated carbocycles. The number of ether oxygens (including phenoxy) is 1. The molecule has 0 unspecified atom stereocenters. The summed E-state index contributed by atoms with van der Waals surface area (Å²) in [6.45, 7) is 3.85. The Morgan fingerprint density at radius 2 is 1.96 bits per heavy atom. The summed E-state index contributed by atoms with van der Waals surface area (Å²) in [7, 11) is 0. The summed E-state index contributed by atoms with van der Waals surface area (Å²) in [6.07, 6.45) is 6.40. The lowest BCUT2D eigenvalue weighted by Gasteiger charge is -2.45. The fourth-order valence-electron chi connectivity index (χ4n) is 4.79. The Labute approximate surface area is 153 Å². The van der Waals surface area contributed by atoms with Crippen LogP contribution in [-0.4, -0.2) is 48.2 Å². The third-order valence-electron chi connectivity index (χ3n) is 6.23. The van der Waals surface area contributed by atoms with Crippen LogP contribution in [0.4, 0.5) is 4.79 Å². The smallest absolute Gasteiger partial charge is 0.410 e. The van der Waals surface area contributed by atoms with E-state index in [1.165, 1.54) is 11.1 Å². The van der Waals surface area contributed by atoms with Crippen LogP contribution in [0, 0.1) is 5.92 Å². The summed E-state index contributed by atoms with van der Waals surface area (Å²) in [6, 6.07) is 10.2. The maximum absolute atomic E-state index is 13.1. The normalized spacial score (nSPS) is 30.1. The second-order valence-electron chi connectivity index (χ2n) is 7.66. The van der Waals surface area contributed by atoms with E-state index < -0.39 is 0 Å². The van der Waals surface area contributed by atoms with Crippen molar-refractivity contribution < 1.29 is 13.9 Å². The highest BCUT2D eigenvalue weighted by atomic mass is 16.6. The van der Waals surface area contributed by atoms with Crippen LogP contribution in [0.15, 0.2) is 47.3 Å². The van der Waals surface area contributed by atoms with Crippen molar-refractivity contribution in [3.05, 3.63) is 59.5 Å². The zero-order valence-corrected chi connectivity index (χ0v) is 14.8. The van der Waals surface area contributed by atoms with Gasteiger partial charge < -0.3 is 9.15 Å². The van der Waals surface area contributed by atoms with Crippen LogP contribution in [0.5, 0.6) is 0 Å². The van der Waals surface area contributed by atoms with Crippen molar-refractivity contribution in [2.75, 3.05) is 26.2 Å². The van der Waals surface area contributed by atoms with Crippen molar-refractivity contribution in [1.29, 1.82) is 0 Å². The first-order valence-corrected chi connectivity index (χ1v) is 9.59. The molecule has 3 fully saturated rings. The lowest BCUT2D eigenvalue weighted by atomic mass is 9.86. The third kappa shape index (κ3) is 2.71. The Hall–Kier alpha value is -2.27. The first-order chi connectivity index (χ1) is 12.8. The number of benzene rings is 1. The minimum absolute atomic E-state index is 0.0344. The molecule has 4 aliphatic rings. The van der Waals surface area contributed by atoms with E-state index >= 15 is 0 Å². The van der Waals surface area contributed by atoms with Gasteiger partial charge in [0.05, 0.1) is 18.6 Å². The van der Waals surface area contributed by atoms with Crippen LogP contribution >= 0.6 is 0 Å². The molecule has 26 heavy (non-hydrogen) atoms. The van der Waals surface area contributed by atoms with Crippen molar-refractivity contribution in [3.63, 3.8) is 0 Å². The number of amides is 1. The van der Waals surface area contributed by atoms with Gasteiger partial charge in [0.25, 0.3) is 0 Å². The first kappa shape index (κ1) is 15.9. The molecule has 1 amide bonds. The largest absolute Gasteiger partial charge is 0.472 e. The van der Waals surface area contributed by atoms with Crippen LogP contribution in [0.1, 0.15) is 35.6 Å². The summed E-state index contributed by atoms with van der Waals surface area (Å²) >= 11 is 0. The van der Waals surface area contributed by atoms with Gasteiger partial charge in [0, 0.05) is 18.7 Å². The standard InChI is InChI=1S/C21H24N2O3/c24-21(26-19-13-22-9-5-16(19)6-10-22)23-11-7-15-3-1-2-4-18(15)20(23)17-8-12-25-14-17/h1-4,8,12,14,16,19-20H,5-7,9-11,13H2/t19-,20+/m1/s1. The van der Waals surface area contributed by atoms with Gasteiger partial charge >= 0.3 is 6.09 Å². The van der Waals surface area contributed by atoms with Gasteiger partial charge in [-0.1, -0.05) is 24.3 Å². The summed E-state index contributed by atoms with van der Waals surface area (Å²) in [5, 5.41) is 0. The highest BCUT2D eigenvalue weighted by Gasteiger charge is 2.39. The monoisotopic (exact) mass is 352 g/mol. The molecule has 5 nitrogen and oxygen atoms in total. The number of hydrogen-bond acceptors (Lipinski definition) is 4. The molecule has 5 heteroatoms. The summed E-state index contributed by atoms with van der Waals surface area (Å²) in [4.78, 5) is 17.4. The maximum Gasteiger partial charge on any atom is 0.410 e. The van der Waals surface area contributed by atoms with Crippen molar-refractivity contribution in [3.8, 4) is 0 Å². The second kappa shape index (κ2) is 6.47. The van der Waals surface area contributed by atoms with Crippen LogP contribution in [0.3, 0.4) is 0 Å². The van der Waals surface area contributed by atoms with Gasteiger partial charge in [-0.15, -0.1) is 0 Å². The highest BCUT2D eigenvalue weighted by molar-refractivity contribution is 5.70. The van der Waals surface area contributed by atoms with E-state index in [4.69, 9.17) is 9.15 Å². The van der Waals surface area contributed by atoms with Gasteiger partial charge in [-0.2, -0.15) is 0 Å². The molecule has 2 bridgehead atoms. The zero-order chi connectivity index (χ0) is 17.5. The third-order valence-corrected chi connectivity index (χ3v) is 6.23. The predicted molar refractivity (Wildman–Crippen MR) is 96.8 cm³/mol. The topological polar surface area (TPSA) is 45.9 Å². The molecular formula is C21H24N2O3. The first-order valence-electron chi connectivity index (χ1n) is 9.59. The van der Waals surface area contributed by atoms with Crippen LogP contribution in [0.2, 0.25) is 0 Å². The summed E-state index contributed by atoms with van der Waals surface area (Å²) in [5.74, 6) is 0.522. The zero-order valence-electron chi connectivity index (χ0n) is 14.8. The second-order valence-corrected chi connectivity index (χ2v) is 7.66. The van der Waals surface area contributed by atoms with Crippen molar-refractivity contribution in [1.82, 2.24) is 9.80 Å². The Morgan fingerprint density at radius 3 is 2.69 bits per heavy atom. The summed E-state index contributed by atoms with van der Waals surface area (Å²) < 4.78 is 11.3. The van der Waals surface area contributed by atoms with E-state index in [9.17, 15) is 4.79 Å². The minimum atomic E-state index is -0.190. The number of carbonyl (C=O) groups excluding carboxylic acids is 1. The van der Waals surface area contributed by atoms with Gasteiger partial charge in [0.15, 0.2) is 0 Å². The number of rotatable bonds is 2. The van der Waals surface area contributed by atoms with Gasteiger partial charge in [0.2, 0.25) is 0 Å². The van der Waals surface area contributed by atoms with Crippen LogP contribution in [-0.2, 0) is 11.2 Å². The van der Waals surface area contributed by atoms with E-state index in [1.807, 2.05) is 17.0 Å². The molecule has 0 spiro atoms. The molecule has 0 N–H and O–H groups in total. The van der Waals surface area contributed by atoms with E-state index in [1.54, 1.807) is 12.5 Å². The molecule has 5 heterocycles. The van der Waals surface area contributed by atoms with Crippen molar-refractivity contribution >= 4 is 6.09 Å². The number of carbonyl (C=O) groups is 1. The Morgan fingerprint density at radius 1 is 1.12 bits per heavy atom.